The zero-order chi connectivity index (χ0) is 27.6. The van der Waals surface area contributed by atoms with Gasteiger partial charge in [-0.05, 0) is 80.7 Å². The number of anilines is 4. The van der Waals surface area contributed by atoms with E-state index < -0.39 is 5.91 Å². The Labute approximate surface area is 241 Å². The van der Waals surface area contributed by atoms with E-state index in [4.69, 9.17) is 11.6 Å². The van der Waals surface area contributed by atoms with Crippen molar-refractivity contribution in [1.29, 1.82) is 0 Å². The van der Waals surface area contributed by atoms with Crippen molar-refractivity contribution in [1.82, 2.24) is 15.3 Å². The van der Waals surface area contributed by atoms with Gasteiger partial charge in [0.15, 0.2) is 0 Å². The lowest BCUT2D eigenvalue weighted by Gasteiger charge is -2.22. The molecule has 1 saturated heterocycles. The van der Waals surface area contributed by atoms with Crippen LogP contribution in [0.2, 0.25) is 5.02 Å². The first-order chi connectivity index (χ1) is 18.9. The topological polar surface area (TPSA) is 108 Å². The summed E-state index contributed by atoms with van der Waals surface area (Å²) in [6.45, 7) is 7.76. The van der Waals surface area contributed by atoms with Gasteiger partial charge in [-0.2, -0.15) is 0 Å². The van der Waals surface area contributed by atoms with Crippen molar-refractivity contribution in [3.63, 3.8) is 0 Å². The van der Waals surface area contributed by atoms with Crippen molar-refractivity contribution in [2.45, 2.75) is 29.9 Å². The van der Waals surface area contributed by atoms with Gasteiger partial charge in [0.05, 0.1) is 33.6 Å². The van der Waals surface area contributed by atoms with Crippen LogP contribution in [0.25, 0.3) is 0 Å². The molecule has 0 aliphatic carbocycles. The van der Waals surface area contributed by atoms with Gasteiger partial charge in [-0.3, -0.25) is 9.59 Å². The minimum Gasteiger partial charge on any atom is -0.324 e. The summed E-state index contributed by atoms with van der Waals surface area (Å²) in [7, 11) is 0. The summed E-state index contributed by atoms with van der Waals surface area (Å²) in [6, 6.07) is 12.9. The number of carbonyl (C=O) groups is 2. The van der Waals surface area contributed by atoms with Crippen LogP contribution in [0.1, 0.15) is 30.1 Å². The van der Waals surface area contributed by atoms with Crippen LogP contribution < -0.4 is 21.3 Å². The average molecular weight is 581 g/mol. The third-order valence-electron chi connectivity index (χ3n) is 5.68. The fourth-order valence-corrected chi connectivity index (χ4v) is 5.50. The van der Waals surface area contributed by atoms with Crippen LogP contribution in [-0.2, 0) is 4.79 Å². The van der Waals surface area contributed by atoms with E-state index in [0.717, 1.165) is 18.8 Å². The Morgan fingerprint density at radius 1 is 1.03 bits per heavy atom. The molecule has 11 heteroatoms. The van der Waals surface area contributed by atoms with Gasteiger partial charge in [0, 0.05) is 21.5 Å². The summed E-state index contributed by atoms with van der Waals surface area (Å²) < 4.78 is 0. The SMILES string of the molecule is C=C(S/C=C\C)C(=O)Nc1ccc(Cl)c(C(=O)Nc2cnc(Nc3ccc(SC4CCNCC4)cc3)nc2)c1. The lowest BCUT2D eigenvalue weighted by molar-refractivity contribution is -0.112. The number of allylic oxidation sites excluding steroid dienone is 1. The summed E-state index contributed by atoms with van der Waals surface area (Å²) in [5.74, 6) is -0.409. The van der Waals surface area contributed by atoms with Crippen LogP contribution in [-0.4, -0.2) is 40.1 Å². The molecule has 0 spiro atoms. The monoisotopic (exact) mass is 580 g/mol. The predicted molar refractivity (Wildman–Crippen MR) is 163 cm³/mol. The largest absolute Gasteiger partial charge is 0.324 e. The summed E-state index contributed by atoms with van der Waals surface area (Å²) in [6.07, 6.45) is 7.20. The molecule has 0 bridgehead atoms. The number of nitrogens with one attached hydrogen (secondary N) is 4. The number of thioether (sulfide) groups is 2. The van der Waals surface area contributed by atoms with Gasteiger partial charge in [-0.25, -0.2) is 9.97 Å². The van der Waals surface area contributed by atoms with E-state index in [1.807, 2.05) is 36.9 Å². The number of nitrogens with zero attached hydrogens (tertiary/aromatic N) is 2. The highest BCUT2D eigenvalue weighted by atomic mass is 35.5. The summed E-state index contributed by atoms with van der Waals surface area (Å²) >= 11 is 9.39. The first kappa shape index (κ1) is 28.7. The van der Waals surface area contributed by atoms with Crippen LogP contribution in [0, 0.1) is 0 Å². The molecule has 4 rings (SSSR count). The Hall–Kier alpha value is -3.31. The van der Waals surface area contributed by atoms with Crippen molar-refractivity contribution < 1.29 is 9.59 Å². The molecule has 2 aromatic carbocycles. The number of halogens is 1. The molecule has 1 aliphatic rings. The molecule has 1 fully saturated rings. The number of amides is 2. The maximum atomic E-state index is 12.9. The molecule has 8 nitrogen and oxygen atoms in total. The van der Waals surface area contributed by atoms with E-state index >= 15 is 0 Å². The van der Waals surface area contributed by atoms with E-state index in [2.05, 4.69) is 49.9 Å². The van der Waals surface area contributed by atoms with E-state index in [0.29, 0.717) is 27.5 Å². The maximum absolute atomic E-state index is 12.9. The van der Waals surface area contributed by atoms with Crippen LogP contribution in [0.3, 0.4) is 0 Å². The van der Waals surface area contributed by atoms with E-state index in [1.165, 1.54) is 48.0 Å². The van der Waals surface area contributed by atoms with Gasteiger partial charge < -0.3 is 21.3 Å². The number of hydrogen-bond donors (Lipinski definition) is 4. The highest BCUT2D eigenvalue weighted by Crippen LogP contribution is 2.30. The molecule has 2 heterocycles. The Kier molecular flexibility index (Phi) is 10.4. The van der Waals surface area contributed by atoms with E-state index in [-0.39, 0.29) is 16.5 Å². The minimum absolute atomic E-state index is 0.200. The molecular formula is C28H29ClN6O2S2. The minimum atomic E-state index is -0.454. The maximum Gasteiger partial charge on any atom is 0.261 e. The lowest BCUT2D eigenvalue weighted by Crippen LogP contribution is -2.29. The molecule has 4 N–H and O–H groups in total. The zero-order valence-corrected chi connectivity index (χ0v) is 23.8. The van der Waals surface area contributed by atoms with Crippen LogP contribution in [0.4, 0.5) is 23.0 Å². The number of piperidine rings is 1. The zero-order valence-electron chi connectivity index (χ0n) is 21.4. The van der Waals surface area contributed by atoms with Crippen LogP contribution >= 0.6 is 35.1 Å². The van der Waals surface area contributed by atoms with Crippen molar-refractivity contribution in [2.75, 3.05) is 29.0 Å². The lowest BCUT2D eigenvalue weighted by atomic mass is 10.2. The van der Waals surface area contributed by atoms with Crippen molar-refractivity contribution in [3.8, 4) is 0 Å². The molecule has 3 aromatic rings. The Balaban J connectivity index is 1.33. The van der Waals surface area contributed by atoms with E-state index in [1.54, 1.807) is 17.5 Å². The second-order valence-electron chi connectivity index (χ2n) is 8.63. The molecular weight excluding hydrogens is 552 g/mol. The average Bonchev–Trinajstić information content (AvgIpc) is 2.95. The number of aromatic nitrogens is 2. The molecule has 2 amide bonds. The van der Waals surface area contributed by atoms with Crippen LogP contribution in [0.5, 0.6) is 0 Å². The summed E-state index contributed by atoms with van der Waals surface area (Å²) in [5, 5.41) is 14.7. The third-order valence-corrected chi connectivity index (χ3v) is 8.23. The number of carbonyl (C=O) groups excluding carboxylic acids is 2. The molecule has 39 heavy (non-hydrogen) atoms. The second-order valence-corrected chi connectivity index (χ2v) is 11.4. The smallest absolute Gasteiger partial charge is 0.261 e. The number of rotatable bonds is 10. The van der Waals surface area contributed by atoms with Gasteiger partial charge in [-0.15, -0.1) is 11.8 Å². The quantitative estimate of drug-likeness (QED) is 0.196. The number of hydrogen-bond acceptors (Lipinski definition) is 8. The molecule has 0 unspecified atom stereocenters. The standard InChI is InChI=1S/C28H29ClN6O2S2/c1-3-14-38-18(2)26(36)33-20-6-9-25(29)24(15-20)27(37)34-21-16-31-28(32-17-21)35-19-4-7-22(8-5-19)39-23-10-12-30-13-11-23/h3-9,14-17,23,30H,2,10-13H2,1H3,(H,33,36)(H,34,37)(H,31,32,35)/b14-3-. The highest BCUT2D eigenvalue weighted by molar-refractivity contribution is 8.06. The molecule has 0 saturated carbocycles. The first-order valence-corrected chi connectivity index (χ1v) is 14.5. The van der Waals surface area contributed by atoms with Gasteiger partial charge in [0.1, 0.15) is 0 Å². The van der Waals surface area contributed by atoms with Gasteiger partial charge in [-0.1, -0.05) is 36.0 Å². The highest BCUT2D eigenvalue weighted by Gasteiger charge is 2.15. The molecule has 1 aliphatic heterocycles. The predicted octanol–water partition coefficient (Wildman–Crippen LogP) is 6.69. The van der Waals surface area contributed by atoms with Crippen molar-refractivity contribution in [2.24, 2.45) is 0 Å². The van der Waals surface area contributed by atoms with Crippen LogP contribution in [0.15, 0.2) is 82.7 Å². The van der Waals surface area contributed by atoms with Crippen molar-refractivity contribution in [3.05, 3.63) is 88.4 Å². The molecule has 0 radical (unpaired) electrons. The Bertz CT molecular complexity index is 1340. The third kappa shape index (κ3) is 8.59. The second kappa shape index (κ2) is 14.2. The van der Waals surface area contributed by atoms with Crippen molar-refractivity contribution >= 4 is 69.9 Å². The molecule has 1 aromatic heterocycles. The van der Waals surface area contributed by atoms with Gasteiger partial charge >= 0.3 is 0 Å². The number of benzene rings is 2. The summed E-state index contributed by atoms with van der Waals surface area (Å²) in [5.41, 5.74) is 1.90. The first-order valence-electron chi connectivity index (χ1n) is 12.4. The van der Waals surface area contributed by atoms with E-state index in [9.17, 15) is 9.59 Å². The molecule has 202 valence electrons. The fraction of sp³-hybridized carbons (Fsp3) is 0.214. The normalized spacial score (nSPS) is 13.7. The molecule has 0 atom stereocenters. The Morgan fingerprint density at radius 2 is 1.72 bits per heavy atom. The fourth-order valence-electron chi connectivity index (χ4n) is 3.69. The van der Waals surface area contributed by atoms with Gasteiger partial charge in [0.25, 0.3) is 11.8 Å². The van der Waals surface area contributed by atoms with Gasteiger partial charge in [0.2, 0.25) is 5.95 Å². The summed E-state index contributed by atoms with van der Waals surface area (Å²) in [4.78, 5) is 35.4. The Morgan fingerprint density at radius 3 is 2.41 bits per heavy atom.